The molecular formula is C25H38O6. The summed E-state index contributed by atoms with van der Waals surface area (Å²) in [6.45, 7) is 1.43. The van der Waals surface area contributed by atoms with Crippen LogP contribution in [0.4, 0.5) is 0 Å². The van der Waals surface area contributed by atoms with E-state index in [2.05, 4.69) is 6.92 Å². The SMILES string of the molecule is CC/C=C\C[C@@H](O)/C=C/C=C\C=C\[C@@H](O)C/C=C\C/C=C\CCC(=O)OC[C@@H](O)CO. The Morgan fingerprint density at radius 2 is 1.42 bits per heavy atom. The fraction of sp³-hybridized carbons (Fsp3) is 0.480. The first-order valence-electron chi connectivity index (χ1n) is 10.8. The van der Waals surface area contributed by atoms with E-state index in [1.165, 1.54) is 0 Å². The van der Waals surface area contributed by atoms with Crippen molar-refractivity contribution in [3.63, 3.8) is 0 Å². The van der Waals surface area contributed by atoms with Crippen molar-refractivity contribution in [2.45, 2.75) is 63.8 Å². The summed E-state index contributed by atoms with van der Waals surface area (Å²) < 4.78 is 4.80. The molecule has 0 radical (unpaired) electrons. The van der Waals surface area contributed by atoms with Crippen molar-refractivity contribution < 1.29 is 30.0 Å². The fourth-order valence-electron chi connectivity index (χ4n) is 2.21. The van der Waals surface area contributed by atoms with Gasteiger partial charge < -0.3 is 25.2 Å². The fourth-order valence-corrected chi connectivity index (χ4v) is 2.21. The van der Waals surface area contributed by atoms with Gasteiger partial charge in [0, 0.05) is 6.42 Å². The molecule has 6 nitrogen and oxygen atoms in total. The van der Waals surface area contributed by atoms with Crippen LogP contribution >= 0.6 is 0 Å². The van der Waals surface area contributed by atoms with E-state index in [0.717, 1.165) is 6.42 Å². The Labute approximate surface area is 186 Å². The number of aliphatic hydroxyl groups excluding tert-OH is 4. The molecule has 0 rings (SSSR count). The molecule has 3 atom stereocenters. The van der Waals surface area contributed by atoms with Gasteiger partial charge in [0.2, 0.25) is 0 Å². The Morgan fingerprint density at radius 1 is 0.839 bits per heavy atom. The number of allylic oxidation sites excluding steroid dienone is 8. The maximum absolute atomic E-state index is 11.4. The molecule has 0 aromatic heterocycles. The molecule has 0 aromatic carbocycles. The molecule has 0 amide bonds. The number of aliphatic hydroxyl groups is 4. The molecule has 6 heteroatoms. The number of hydrogen-bond acceptors (Lipinski definition) is 6. The van der Waals surface area contributed by atoms with Crippen LogP contribution in [0.1, 0.15) is 45.4 Å². The summed E-state index contributed by atoms with van der Waals surface area (Å²) in [5, 5.41) is 37.3. The van der Waals surface area contributed by atoms with Crippen LogP contribution < -0.4 is 0 Å². The van der Waals surface area contributed by atoms with Crippen molar-refractivity contribution in [3.05, 3.63) is 72.9 Å². The summed E-state index contributed by atoms with van der Waals surface area (Å²) in [5.74, 6) is -0.410. The van der Waals surface area contributed by atoms with Crippen LogP contribution in [0.5, 0.6) is 0 Å². The average molecular weight is 435 g/mol. The second kappa shape index (κ2) is 21.0. The lowest BCUT2D eigenvalue weighted by molar-refractivity contribution is -0.147. The van der Waals surface area contributed by atoms with Crippen LogP contribution in [-0.4, -0.2) is 57.9 Å². The zero-order valence-electron chi connectivity index (χ0n) is 18.4. The van der Waals surface area contributed by atoms with E-state index in [-0.39, 0.29) is 13.0 Å². The first-order valence-corrected chi connectivity index (χ1v) is 10.8. The Morgan fingerprint density at radius 3 is 2.00 bits per heavy atom. The van der Waals surface area contributed by atoms with Gasteiger partial charge >= 0.3 is 5.97 Å². The van der Waals surface area contributed by atoms with Crippen molar-refractivity contribution in [2.24, 2.45) is 0 Å². The topological polar surface area (TPSA) is 107 Å². The van der Waals surface area contributed by atoms with E-state index in [1.54, 1.807) is 36.5 Å². The third kappa shape index (κ3) is 20.8. The summed E-state index contributed by atoms with van der Waals surface area (Å²) in [7, 11) is 0. The average Bonchev–Trinajstić information content (AvgIpc) is 2.76. The summed E-state index contributed by atoms with van der Waals surface area (Å²) >= 11 is 0. The van der Waals surface area contributed by atoms with Crippen molar-refractivity contribution in [3.8, 4) is 0 Å². The van der Waals surface area contributed by atoms with Gasteiger partial charge in [0.05, 0.1) is 18.8 Å². The van der Waals surface area contributed by atoms with Gasteiger partial charge in [0.1, 0.15) is 12.7 Å². The lowest BCUT2D eigenvalue weighted by Crippen LogP contribution is -2.21. The first kappa shape index (κ1) is 28.8. The van der Waals surface area contributed by atoms with E-state index < -0.39 is 30.9 Å². The van der Waals surface area contributed by atoms with Gasteiger partial charge in [-0.2, -0.15) is 0 Å². The highest BCUT2D eigenvalue weighted by Gasteiger charge is 2.06. The Kier molecular flexibility index (Phi) is 19.5. The largest absolute Gasteiger partial charge is 0.463 e. The predicted molar refractivity (Wildman–Crippen MR) is 124 cm³/mol. The first-order chi connectivity index (χ1) is 15.0. The molecule has 0 spiro atoms. The van der Waals surface area contributed by atoms with E-state index in [9.17, 15) is 15.0 Å². The van der Waals surface area contributed by atoms with Gasteiger partial charge in [-0.3, -0.25) is 4.79 Å². The Hall–Kier alpha value is -2.25. The van der Waals surface area contributed by atoms with Crippen molar-refractivity contribution in [1.29, 1.82) is 0 Å². The number of rotatable bonds is 17. The molecule has 0 aliphatic carbocycles. The minimum atomic E-state index is -1.03. The van der Waals surface area contributed by atoms with Crippen LogP contribution in [-0.2, 0) is 9.53 Å². The molecular weight excluding hydrogens is 396 g/mol. The molecule has 0 heterocycles. The smallest absolute Gasteiger partial charge is 0.306 e. The van der Waals surface area contributed by atoms with Crippen molar-refractivity contribution in [2.75, 3.05) is 13.2 Å². The molecule has 0 aliphatic rings. The summed E-state index contributed by atoms with van der Waals surface area (Å²) in [5.41, 5.74) is 0. The van der Waals surface area contributed by atoms with Crippen LogP contribution in [0.15, 0.2) is 72.9 Å². The zero-order chi connectivity index (χ0) is 23.2. The lowest BCUT2D eigenvalue weighted by Gasteiger charge is -2.07. The minimum Gasteiger partial charge on any atom is -0.463 e. The van der Waals surface area contributed by atoms with E-state index >= 15 is 0 Å². The maximum Gasteiger partial charge on any atom is 0.306 e. The second-order valence-electron chi connectivity index (χ2n) is 6.88. The van der Waals surface area contributed by atoms with E-state index in [0.29, 0.717) is 25.7 Å². The van der Waals surface area contributed by atoms with Gasteiger partial charge in [0.15, 0.2) is 0 Å². The predicted octanol–water partition coefficient (Wildman–Crippen LogP) is 3.30. The Balaban J connectivity index is 3.87. The highest BCUT2D eigenvalue weighted by molar-refractivity contribution is 5.69. The normalized spacial score (nSPS) is 15.9. The van der Waals surface area contributed by atoms with Crippen molar-refractivity contribution >= 4 is 5.97 Å². The number of carbonyl (C=O) groups is 1. The number of hydrogen-bond donors (Lipinski definition) is 4. The van der Waals surface area contributed by atoms with E-state index in [4.69, 9.17) is 14.9 Å². The molecule has 0 saturated carbocycles. The summed E-state index contributed by atoms with van der Waals surface area (Å²) in [6, 6.07) is 0. The highest BCUT2D eigenvalue weighted by atomic mass is 16.5. The number of esters is 1. The zero-order valence-corrected chi connectivity index (χ0v) is 18.4. The van der Waals surface area contributed by atoms with Gasteiger partial charge in [-0.25, -0.2) is 0 Å². The Bertz CT molecular complexity index is 616. The van der Waals surface area contributed by atoms with Crippen molar-refractivity contribution in [1.82, 2.24) is 0 Å². The lowest BCUT2D eigenvalue weighted by atomic mass is 10.2. The van der Waals surface area contributed by atoms with Crippen LogP contribution in [0.3, 0.4) is 0 Å². The minimum absolute atomic E-state index is 0.189. The quantitative estimate of drug-likeness (QED) is 0.159. The molecule has 0 aromatic rings. The molecule has 0 aliphatic heterocycles. The molecule has 174 valence electrons. The molecule has 0 fully saturated rings. The molecule has 4 N–H and O–H groups in total. The number of ether oxygens (including phenoxy) is 1. The third-order valence-electron chi connectivity index (χ3n) is 3.93. The monoisotopic (exact) mass is 434 g/mol. The van der Waals surface area contributed by atoms with Crippen LogP contribution in [0, 0.1) is 0 Å². The molecule has 0 bridgehead atoms. The van der Waals surface area contributed by atoms with Gasteiger partial charge in [-0.15, -0.1) is 0 Å². The van der Waals surface area contributed by atoms with E-state index in [1.807, 2.05) is 36.5 Å². The molecule has 0 unspecified atom stereocenters. The third-order valence-corrected chi connectivity index (χ3v) is 3.93. The number of carbonyl (C=O) groups excluding carboxylic acids is 1. The summed E-state index contributed by atoms with van der Waals surface area (Å²) in [6.07, 6.45) is 23.7. The second-order valence-corrected chi connectivity index (χ2v) is 6.88. The molecule has 31 heavy (non-hydrogen) atoms. The standard InChI is InChI=1S/C25H38O6/c1-2-3-10-15-22(27)17-12-8-9-13-18-23(28)16-11-6-4-5-7-14-19-25(30)31-21-24(29)20-26/h3,5-13,17-18,22-24,26-29H,2,4,14-16,19-21H2,1H3/b7-5-,9-8-,10-3-,11-6-,17-12+,18-13+/t22-,23+,24+/m1/s1. The van der Waals surface area contributed by atoms with Gasteiger partial charge in [0.25, 0.3) is 0 Å². The van der Waals surface area contributed by atoms with Gasteiger partial charge in [-0.1, -0.05) is 79.8 Å². The van der Waals surface area contributed by atoms with Gasteiger partial charge in [-0.05, 0) is 32.1 Å². The summed E-state index contributed by atoms with van der Waals surface area (Å²) in [4.78, 5) is 11.4. The molecule has 0 saturated heterocycles. The highest BCUT2D eigenvalue weighted by Crippen LogP contribution is 2.01. The van der Waals surface area contributed by atoms with Crippen LogP contribution in [0.25, 0.3) is 0 Å². The van der Waals surface area contributed by atoms with Crippen LogP contribution in [0.2, 0.25) is 0 Å². The maximum atomic E-state index is 11.4.